The largest absolute Gasteiger partial charge is 0.497 e. The Labute approximate surface area is 106 Å². The van der Waals surface area contributed by atoms with Crippen LogP contribution < -0.4 is 9.47 Å². The SMILES string of the molecule is COc1ccc(OC(F)F)c(C(=O)CCBr)c1. The lowest BCUT2D eigenvalue weighted by Gasteiger charge is -2.11. The Morgan fingerprint density at radius 1 is 1.47 bits per heavy atom. The summed E-state index contributed by atoms with van der Waals surface area (Å²) in [7, 11) is 1.43. The number of ether oxygens (including phenoxy) is 2. The predicted octanol–water partition coefficient (Wildman–Crippen LogP) is 3.26. The lowest BCUT2D eigenvalue weighted by molar-refractivity contribution is -0.0501. The number of Topliss-reactive ketones (excluding diaryl/α,β-unsaturated/α-hetero) is 1. The molecule has 0 aliphatic heterocycles. The average molecular weight is 309 g/mol. The topological polar surface area (TPSA) is 35.5 Å². The molecule has 6 heteroatoms. The minimum atomic E-state index is -2.96. The molecule has 0 heterocycles. The highest BCUT2D eigenvalue weighted by Crippen LogP contribution is 2.27. The lowest BCUT2D eigenvalue weighted by atomic mass is 10.1. The first-order valence-electron chi connectivity index (χ1n) is 4.80. The van der Waals surface area contributed by atoms with Crippen molar-refractivity contribution >= 4 is 21.7 Å². The third-order valence-electron chi connectivity index (χ3n) is 2.02. The van der Waals surface area contributed by atoms with Crippen LogP contribution in [0.2, 0.25) is 0 Å². The second kappa shape index (κ2) is 6.54. The van der Waals surface area contributed by atoms with Crippen molar-refractivity contribution in [3.8, 4) is 11.5 Å². The van der Waals surface area contributed by atoms with Gasteiger partial charge in [0, 0.05) is 11.8 Å². The van der Waals surface area contributed by atoms with E-state index in [1.165, 1.54) is 25.3 Å². The Morgan fingerprint density at radius 2 is 2.18 bits per heavy atom. The van der Waals surface area contributed by atoms with Gasteiger partial charge in [0.25, 0.3) is 0 Å². The highest BCUT2D eigenvalue weighted by Gasteiger charge is 2.16. The molecule has 1 rings (SSSR count). The fourth-order valence-electron chi connectivity index (χ4n) is 1.27. The van der Waals surface area contributed by atoms with Crippen LogP contribution >= 0.6 is 15.9 Å². The number of halogens is 3. The summed E-state index contributed by atoms with van der Waals surface area (Å²) in [5.41, 5.74) is 0.101. The minimum absolute atomic E-state index is 0.101. The van der Waals surface area contributed by atoms with E-state index in [2.05, 4.69) is 20.7 Å². The number of hydrogen-bond acceptors (Lipinski definition) is 3. The van der Waals surface area contributed by atoms with Gasteiger partial charge in [0.15, 0.2) is 5.78 Å². The van der Waals surface area contributed by atoms with Crippen molar-refractivity contribution in [3.63, 3.8) is 0 Å². The van der Waals surface area contributed by atoms with Crippen molar-refractivity contribution in [2.45, 2.75) is 13.0 Å². The predicted molar refractivity (Wildman–Crippen MR) is 62.4 cm³/mol. The van der Waals surface area contributed by atoms with Gasteiger partial charge in [-0.1, -0.05) is 15.9 Å². The molecule has 0 aromatic heterocycles. The molecule has 0 fully saturated rings. The number of carbonyl (C=O) groups is 1. The maximum Gasteiger partial charge on any atom is 0.387 e. The third-order valence-corrected chi connectivity index (χ3v) is 2.42. The molecule has 0 atom stereocenters. The van der Waals surface area contributed by atoms with E-state index < -0.39 is 6.61 Å². The third kappa shape index (κ3) is 3.96. The van der Waals surface area contributed by atoms with Crippen LogP contribution in [0.4, 0.5) is 8.78 Å². The van der Waals surface area contributed by atoms with E-state index in [9.17, 15) is 13.6 Å². The molecule has 0 aliphatic rings. The van der Waals surface area contributed by atoms with Gasteiger partial charge in [0.1, 0.15) is 11.5 Å². The molecule has 0 saturated carbocycles. The quantitative estimate of drug-likeness (QED) is 0.598. The van der Waals surface area contributed by atoms with Crippen LogP contribution in [0.15, 0.2) is 18.2 Å². The monoisotopic (exact) mass is 308 g/mol. The maximum atomic E-state index is 12.2. The Bertz CT molecular complexity index is 396. The second-order valence-electron chi connectivity index (χ2n) is 3.10. The molecule has 0 radical (unpaired) electrons. The van der Waals surface area contributed by atoms with E-state index >= 15 is 0 Å². The summed E-state index contributed by atoms with van der Waals surface area (Å²) in [6.45, 7) is -2.96. The van der Waals surface area contributed by atoms with Gasteiger partial charge in [-0.25, -0.2) is 0 Å². The maximum absolute atomic E-state index is 12.2. The Balaban J connectivity index is 3.06. The molecule has 0 aliphatic carbocycles. The van der Waals surface area contributed by atoms with Crippen molar-refractivity contribution in [3.05, 3.63) is 23.8 Å². The van der Waals surface area contributed by atoms with Gasteiger partial charge in [-0.2, -0.15) is 8.78 Å². The Hall–Kier alpha value is -1.17. The first-order valence-corrected chi connectivity index (χ1v) is 5.92. The molecular formula is C11H11BrF2O3. The molecule has 3 nitrogen and oxygen atoms in total. The van der Waals surface area contributed by atoms with Crippen molar-refractivity contribution < 1.29 is 23.0 Å². The summed E-state index contributed by atoms with van der Waals surface area (Å²) in [5, 5.41) is 0.456. The number of ketones is 1. The summed E-state index contributed by atoms with van der Waals surface area (Å²) < 4.78 is 33.5. The summed E-state index contributed by atoms with van der Waals surface area (Å²) in [5.74, 6) is 0.00714. The summed E-state index contributed by atoms with van der Waals surface area (Å²) in [6.07, 6.45) is 0.201. The number of benzene rings is 1. The van der Waals surface area contributed by atoms with Crippen molar-refractivity contribution in [2.24, 2.45) is 0 Å². The molecule has 1 aromatic rings. The van der Waals surface area contributed by atoms with E-state index in [1.54, 1.807) is 0 Å². The van der Waals surface area contributed by atoms with E-state index in [1.807, 2.05) is 0 Å². The number of alkyl halides is 3. The lowest BCUT2D eigenvalue weighted by Crippen LogP contribution is -2.08. The summed E-state index contributed by atoms with van der Waals surface area (Å²) in [4.78, 5) is 11.7. The summed E-state index contributed by atoms with van der Waals surface area (Å²) >= 11 is 3.12. The fraction of sp³-hybridized carbons (Fsp3) is 0.364. The Morgan fingerprint density at radius 3 is 2.71 bits per heavy atom. The van der Waals surface area contributed by atoms with E-state index in [4.69, 9.17) is 4.74 Å². The molecule has 0 spiro atoms. The fourth-order valence-corrected chi connectivity index (χ4v) is 1.63. The van der Waals surface area contributed by atoms with Crippen molar-refractivity contribution in [1.82, 2.24) is 0 Å². The first kappa shape index (κ1) is 13.9. The minimum Gasteiger partial charge on any atom is -0.497 e. The van der Waals surface area contributed by atoms with Crippen LogP contribution in [-0.2, 0) is 0 Å². The smallest absolute Gasteiger partial charge is 0.387 e. The number of hydrogen-bond donors (Lipinski definition) is 0. The zero-order valence-electron chi connectivity index (χ0n) is 9.08. The molecule has 0 unspecified atom stereocenters. The highest BCUT2D eigenvalue weighted by atomic mass is 79.9. The Kier molecular flexibility index (Phi) is 5.34. The van der Waals surface area contributed by atoms with Crippen molar-refractivity contribution in [1.29, 1.82) is 0 Å². The molecule has 0 bridgehead atoms. The second-order valence-corrected chi connectivity index (χ2v) is 3.90. The molecule has 0 N–H and O–H groups in total. The van der Waals surface area contributed by atoms with Crippen LogP contribution in [-0.4, -0.2) is 24.8 Å². The van der Waals surface area contributed by atoms with Gasteiger partial charge in [-0.15, -0.1) is 0 Å². The summed E-state index contributed by atoms with van der Waals surface area (Å²) in [6, 6.07) is 4.15. The highest BCUT2D eigenvalue weighted by molar-refractivity contribution is 9.09. The number of methoxy groups -OCH3 is 1. The number of rotatable bonds is 6. The van der Waals surface area contributed by atoms with E-state index in [0.717, 1.165) is 0 Å². The first-order chi connectivity index (χ1) is 8.08. The van der Waals surface area contributed by atoms with Crippen LogP contribution in [0.25, 0.3) is 0 Å². The van der Waals surface area contributed by atoms with E-state index in [0.29, 0.717) is 11.1 Å². The van der Waals surface area contributed by atoms with Gasteiger partial charge < -0.3 is 9.47 Å². The van der Waals surface area contributed by atoms with Gasteiger partial charge >= 0.3 is 6.61 Å². The molecule has 1 aromatic carbocycles. The van der Waals surface area contributed by atoms with Crippen LogP contribution in [0.5, 0.6) is 11.5 Å². The van der Waals surface area contributed by atoms with Gasteiger partial charge in [0.2, 0.25) is 0 Å². The van der Waals surface area contributed by atoms with Crippen molar-refractivity contribution in [2.75, 3.05) is 12.4 Å². The zero-order valence-corrected chi connectivity index (χ0v) is 10.7. The molecular weight excluding hydrogens is 298 g/mol. The van der Waals surface area contributed by atoms with E-state index in [-0.39, 0.29) is 23.5 Å². The van der Waals surface area contributed by atoms with Crippen LogP contribution in [0.1, 0.15) is 16.8 Å². The molecule has 0 saturated heterocycles. The average Bonchev–Trinajstić information content (AvgIpc) is 2.29. The zero-order chi connectivity index (χ0) is 12.8. The molecule has 94 valence electrons. The van der Waals surface area contributed by atoms with Gasteiger partial charge in [-0.05, 0) is 18.2 Å². The van der Waals surface area contributed by atoms with Crippen LogP contribution in [0, 0.1) is 0 Å². The number of carbonyl (C=O) groups excluding carboxylic acids is 1. The molecule has 17 heavy (non-hydrogen) atoms. The molecule has 0 amide bonds. The normalized spacial score (nSPS) is 10.4. The van der Waals surface area contributed by atoms with Crippen LogP contribution in [0.3, 0.4) is 0 Å². The van der Waals surface area contributed by atoms with Gasteiger partial charge in [0.05, 0.1) is 12.7 Å². The van der Waals surface area contributed by atoms with Gasteiger partial charge in [-0.3, -0.25) is 4.79 Å². The standard InChI is InChI=1S/C11H11BrF2O3/c1-16-7-2-3-10(17-11(13)14)8(6-7)9(15)4-5-12/h2-3,6,11H,4-5H2,1H3.